The summed E-state index contributed by atoms with van der Waals surface area (Å²) in [4.78, 5) is 17.2. The smallest absolute Gasteiger partial charge is 0.237 e. The summed E-state index contributed by atoms with van der Waals surface area (Å²) in [6, 6.07) is 26.4. The van der Waals surface area contributed by atoms with Gasteiger partial charge in [0.25, 0.3) is 0 Å². The molecule has 2 heterocycles. The molecule has 174 valence electrons. The minimum atomic E-state index is 0.00356. The second-order valence-electron chi connectivity index (χ2n) is 8.23. The Hall–Kier alpha value is -4.65. The van der Waals surface area contributed by atoms with Gasteiger partial charge in [0.15, 0.2) is 11.4 Å². The van der Waals surface area contributed by atoms with Gasteiger partial charge in [-0.1, -0.05) is 48.5 Å². The SMILES string of the molecule is Cc1ccc(Oc2ccc3nc(N)cn3n2)cc1CC(=O)c1cccc(OCc2ccccc2)c1. The molecule has 0 saturated heterocycles. The number of nitrogens with zero attached hydrogens (tertiary/aromatic N) is 3. The summed E-state index contributed by atoms with van der Waals surface area (Å²) >= 11 is 0. The first-order valence-electron chi connectivity index (χ1n) is 11.2. The van der Waals surface area contributed by atoms with Crippen molar-refractivity contribution < 1.29 is 14.3 Å². The van der Waals surface area contributed by atoms with E-state index in [1.807, 2.05) is 73.7 Å². The zero-order chi connectivity index (χ0) is 24.2. The molecule has 5 rings (SSSR count). The van der Waals surface area contributed by atoms with Crippen molar-refractivity contribution in [2.75, 3.05) is 5.73 Å². The highest BCUT2D eigenvalue weighted by molar-refractivity contribution is 5.98. The highest BCUT2D eigenvalue weighted by Crippen LogP contribution is 2.25. The molecular formula is C28H24N4O3. The van der Waals surface area contributed by atoms with Crippen molar-refractivity contribution in [1.82, 2.24) is 14.6 Å². The lowest BCUT2D eigenvalue weighted by molar-refractivity contribution is 0.0992. The Morgan fingerprint density at radius 2 is 1.80 bits per heavy atom. The number of rotatable bonds is 8. The average Bonchev–Trinajstić information content (AvgIpc) is 3.25. The van der Waals surface area contributed by atoms with Crippen molar-refractivity contribution in [1.29, 1.82) is 0 Å². The number of hydrogen-bond acceptors (Lipinski definition) is 6. The lowest BCUT2D eigenvalue weighted by Crippen LogP contribution is -2.06. The first kappa shape index (κ1) is 22.2. The maximum atomic E-state index is 13.1. The molecule has 0 radical (unpaired) electrons. The molecule has 3 aromatic carbocycles. The number of ketones is 1. The fourth-order valence-corrected chi connectivity index (χ4v) is 3.74. The van der Waals surface area contributed by atoms with Gasteiger partial charge < -0.3 is 15.2 Å². The van der Waals surface area contributed by atoms with E-state index in [1.165, 1.54) is 0 Å². The van der Waals surface area contributed by atoms with Crippen LogP contribution in [0.5, 0.6) is 17.4 Å². The number of imidazole rings is 1. The fourth-order valence-electron chi connectivity index (χ4n) is 3.74. The van der Waals surface area contributed by atoms with Crippen LogP contribution in [0, 0.1) is 6.92 Å². The van der Waals surface area contributed by atoms with E-state index in [2.05, 4.69) is 10.1 Å². The molecular weight excluding hydrogens is 440 g/mol. The topological polar surface area (TPSA) is 91.7 Å². The lowest BCUT2D eigenvalue weighted by Gasteiger charge is -2.11. The molecule has 0 amide bonds. The number of nitrogen functional groups attached to an aromatic ring is 1. The van der Waals surface area contributed by atoms with E-state index in [0.29, 0.717) is 41.0 Å². The second kappa shape index (κ2) is 9.69. The van der Waals surface area contributed by atoms with Gasteiger partial charge in [0.1, 0.15) is 23.9 Å². The predicted octanol–water partition coefficient (Wildman–Crippen LogP) is 5.42. The second-order valence-corrected chi connectivity index (χ2v) is 8.23. The van der Waals surface area contributed by atoms with Crippen molar-refractivity contribution >= 4 is 17.2 Å². The van der Waals surface area contributed by atoms with E-state index < -0.39 is 0 Å². The third-order valence-electron chi connectivity index (χ3n) is 5.61. The number of aromatic nitrogens is 3. The maximum Gasteiger partial charge on any atom is 0.237 e. The van der Waals surface area contributed by atoms with E-state index in [9.17, 15) is 4.79 Å². The third-order valence-corrected chi connectivity index (χ3v) is 5.61. The number of fused-ring (bicyclic) bond motifs is 1. The van der Waals surface area contributed by atoms with Crippen LogP contribution in [0.25, 0.3) is 5.65 Å². The Morgan fingerprint density at radius 1 is 0.943 bits per heavy atom. The molecule has 0 saturated carbocycles. The Labute approximate surface area is 202 Å². The largest absolute Gasteiger partial charge is 0.489 e. The van der Waals surface area contributed by atoms with Gasteiger partial charge >= 0.3 is 0 Å². The van der Waals surface area contributed by atoms with Crippen LogP contribution in [0.1, 0.15) is 27.0 Å². The number of aryl methyl sites for hydroxylation is 1. The summed E-state index contributed by atoms with van der Waals surface area (Å²) < 4.78 is 13.4. The minimum absolute atomic E-state index is 0.00356. The first-order chi connectivity index (χ1) is 17.0. The number of Topliss-reactive ketones (excluding diaryl/α,β-unsaturated/α-hetero) is 1. The van der Waals surface area contributed by atoms with Crippen molar-refractivity contribution in [3.63, 3.8) is 0 Å². The van der Waals surface area contributed by atoms with Crippen LogP contribution in [0.3, 0.4) is 0 Å². The molecule has 35 heavy (non-hydrogen) atoms. The molecule has 0 unspecified atom stereocenters. The van der Waals surface area contributed by atoms with E-state index in [1.54, 1.807) is 28.9 Å². The number of nitrogens with two attached hydrogens (primary N) is 1. The van der Waals surface area contributed by atoms with Gasteiger partial charge in [0.05, 0.1) is 6.20 Å². The van der Waals surface area contributed by atoms with Crippen LogP contribution in [0.15, 0.2) is 91.1 Å². The van der Waals surface area contributed by atoms with E-state index >= 15 is 0 Å². The summed E-state index contributed by atoms with van der Waals surface area (Å²) in [7, 11) is 0. The summed E-state index contributed by atoms with van der Waals surface area (Å²) in [5.74, 6) is 2.05. The molecule has 5 aromatic rings. The third kappa shape index (κ3) is 5.30. The Morgan fingerprint density at radius 3 is 2.66 bits per heavy atom. The number of carbonyl (C=O) groups is 1. The Balaban J connectivity index is 1.28. The molecule has 0 aliphatic rings. The van der Waals surface area contributed by atoms with Gasteiger partial charge in [-0.05, 0) is 53.9 Å². The standard InChI is InChI=1S/C28H24N4O3/c1-19-10-11-24(35-28-13-12-27-30-26(29)17-32(27)31-28)15-22(19)16-25(33)21-8-5-9-23(14-21)34-18-20-6-3-2-4-7-20/h2-15,17H,16,18,29H2,1H3. The molecule has 0 bridgehead atoms. The van der Waals surface area contributed by atoms with Gasteiger partial charge in [0.2, 0.25) is 5.88 Å². The highest BCUT2D eigenvalue weighted by atomic mass is 16.5. The number of benzene rings is 3. The van der Waals surface area contributed by atoms with Crippen molar-refractivity contribution in [3.8, 4) is 17.4 Å². The molecule has 7 nitrogen and oxygen atoms in total. The molecule has 0 aliphatic heterocycles. The molecule has 2 N–H and O–H groups in total. The van der Waals surface area contributed by atoms with Crippen molar-refractivity contribution in [3.05, 3.63) is 113 Å². The van der Waals surface area contributed by atoms with Gasteiger partial charge in [0, 0.05) is 18.1 Å². The molecule has 2 aromatic heterocycles. The van der Waals surface area contributed by atoms with Crippen LogP contribution in [0.2, 0.25) is 0 Å². The fraction of sp³-hybridized carbons (Fsp3) is 0.107. The van der Waals surface area contributed by atoms with Crippen LogP contribution in [-0.2, 0) is 13.0 Å². The van der Waals surface area contributed by atoms with Crippen molar-refractivity contribution in [2.24, 2.45) is 0 Å². The Kier molecular flexibility index (Phi) is 6.13. The van der Waals surface area contributed by atoms with Gasteiger partial charge in [-0.2, -0.15) is 0 Å². The molecule has 0 atom stereocenters. The van der Waals surface area contributed by atoms with Crippen LogP contribution in [-0.4, -0.2) is 20.4 Å². The number of anilines is 1. The maximum absolute atomic E-state index is 13.1. The zero-order valence-electron chi connectivity index (χ0n) is 19.2. The normalized spacial score (nSPS) is 10.9. The molecule has 0 aliphatic carbocycles. The zero-order valence-corrected chi connectivity index (χ0v) is 19.2. The van der Waals surface area contributed by atoms with E-state index in [4.69, 9.17) is 15.2 Å². The van der Waals surface area contributed by atoms with Gasteiger partial charge in [-0.3, -0.25) is 4.79 Å². The number of hydrogen-bond donors (Lipinski definition) is 1. The molecule has 0 fully saturated rings. The number of ether oxygens (including phenoxy) is 2. The van der Waals surface area contributed by atoms with Crippen LogP contribution < -0.4 is 15.2 Å². The molecule has 7 heteroatoms. The van der Waals surface area contributed by atoms with E-state index in [0.717, 1.165) is 16.7 Å². The summed E-state index contributed by atoms with van der Waals surface area (Å²) in [6.45, 7) is 2.42. The average molecular weight is 465 g/mol. The van der Waals surface area contributed by atoms with Gasteiger partial charge in [-0.25, -0.2) is 9.50 Å². The van der Waals surface area contributed by atoms with Crippen LogP contribution >= 0.6 is 0 Å². The summed E-state index contributed by atoms with van der Waals surface area (Å²) in [6.07, 6.45) is 1.87. The van der Waals surface area contributed by atoms with Gasteiger partial charge in [-0.15, -0.1) is 5.10 Å². The molecule has 0 spiro atoms. The van der Waals surface area contributed by atoms with E-state index in [-0.39, 0.29) is 12.2 Å². The van der Waals surface area contributed by atoms with Crippen molar-refractivity contribution in [2.45, 2.75) is 20.0 Å². The highest BCUT2D eigenvalue weighted by Gasteiger charge is 2.12. The quantitative estimate of drug-likeness (QED) is 0.309. The first-order valence-corrected chi connectivity index (χ1v) is 11.2. The monoisotopic (exact) mass is 464 g/mol. The number of carbonyl (C=O) groups excluding carboxylic acids is 1. The summed E-state index contributed by atoms with van der Waals surface area (Å²) in [5, 5.41) is 4.37. The minimum Gasteiger partial charge on any atom is -0.489 e. The van der Waals surface area contributed by atoms with Crippen LogP contribution in [0.4, 0.5) is 5.82 Å². The summed E-state index contributed by atoms with van der Waals surface area (Å²) in [5.41, 5.74) is 9.93. The Bertz CT molecular complexity index is 1500. The predicted molar refractivity (Wildman–Crippen MR) is 134 cm³/mol. The lowest BCUT2D eigenvalue weighted by atomic mass is 9.99.